The molecule has 1 saturated heterocycles. The summed E-state index contributed by atoms with van der Waals surface area (Å²) in [7, 11) is -3.98. The molecule has 1 amide bonds. The lowest BCUT2D eigenvalue weighted by Gasteiger charge is -2.36. The van der Waals surface area contributed by atoms with Gasteiger partial charge in [0.15, 0.2) is 0 Å². The Hall–Kier alpha value is -3.16. The highest BCUT2D eigenvalue weighted by Crippen LogP contribution is 2.26. The van der Waals surface area contributed by atoms with Crippen LogP contribution in [0.3, 0.4) is 0 Å². The van der Waals surface area contributed by atoms with Gasteiger partial charge >= 0.3 is 0 Å². The Kier molecular flexibility index (Phi) is 6.24. The van der Waals surface area contributed by atoms with Crippen molar-refractivity contribution >= 4 is 21.6 Å². The standard InChI is InChI=1S/C20H21FN4O4S/c1-2-29-19-6-4-15(30(23,27)28)12-16(19)20(26)25-9-7-24(8-10-25)18-5-3-14(13-22)11-17(18)21/h3-6,11-12H,2,7-10H2,1H3,(H2,23,27,28). The topological polar surface area (TPSA) is 117 Å². The van der Waals surface area contributed by atoms with Gasteiger partial charge in [-0.15, -0.1) is 0 Å². The van der Waals surface area contributed by atoms with Crippen LogP contribution in [0.4, 0.5) is 10.1 Å². The van der Waals surface area contributed by atoms with Crippen LogP contribution in [0.5, 0.6) is 5.75 Å². The number of nitriles is 1. The average molecular weight is 432 g/mol. The van der Waals surface area contributed by atoms with Crippen LogP contribution in [0.2, 0.25) is 0 Å². The molecule has 0 atom stereocenters. The minimum Gasteiger partial charge on any atom is -0.493 e. The molecule has 2 aromatic carbocycles. The predicted molar refractivity (Wildman–Crippen MR) is 108 cm³/mol. The largest absolute Gasteiger partial charge is 0.493 e. The number of sulfonamides is 1. The molecule has 10 heteroatoms. The van der Waals surface area contributed by atoms with Crippen LogP contribution in [0.15, 0.2) is 41.3 Å². The molecule has 0 bridgehead atoms. The average Bonchev–Trinajstić information content (AvgIpc) is 2.73. The van der Waals surface area contributed by atoms with Crippen LogP contribution in [0.25, 0.3) is 0 Å². The Labute approximate surface area is 174 Å². The van der Waals surface area contributed by atoms with Crippen LogP contribution >= 0.6 is 0 Å². The van der Waals surface area contributed by atoms with Crippen LogP contribution in [0.1, 0.15) is 22.8 Å². The van der Waals surface area contributed by atoms with E-state index in [4.69, 9.17) is 15.1 Å². The number of hydrogen-bond donors (Lipinski definition) is 1. The molecule has 0 saturated carbocycles. The number of amides is 1. The second-order valence-corrected chi connectivity index (χ2v) is 8.25. The van der Waals surface area contributed by atoms with E-state index in [1.807, 2.05) is 6.07 Å². The van der Waals surface area contributed by atoms with Crippen molar-refractivity contribution in [2.24, 2.45) is 5.14 Å². The molecule has 0 aliphatic carbocycles. The highest BCUT2D eigenvalue weighted by molar-refractivity contribution is 7.89. The Bertz CT molecular complexity index is 1110. The summed E-state index contributed by atoms with van der Waals surface area (Å²) >= 11 is 0. The number of nitrogens with two attached hydrogens (primary N) is 1. The third-order valence-electron chi connectivity index (χ3n) is 4.79. The summed E-state index contributed by atoms with van der Waals surface area (Å²) < 4.78 is 43.1. The van der Waals surface area contributed by atoms with E-state index in [2.05, 4.69) is 0 Å². The lowest BCUT2D eigenvalue weighted by atomic mass is 10.1. The number of benzene rings is 2. The van der Waals surface area contributed by atoms with Gasteiger partial charge in [0.2, 0.25) is 10.0 Å². The van der Waals surface area contributed by atoms with Crippen molar-refractivity contribution in [2.75, 3.05) is 37.7 Å². The van der Waals surface area contributed by atoms with Gasteiger partial charge in [-0.1, -0.05) is 0 Å². The summed E-state index contributed by atoms with van der Waals surface area (Å²) in [6, 6.07) is 10.1. The molecular weight excluding hydrogens is 411 g/mol. The van der Waals surface area contributed by atoms with Gasteiger partial charge in [0.05, 0.1) is 34.4 Å². The molecule has 0 spiro atoms. The Balaban J connectivity index is 1.79. The van der Waals surface area contributed by atoms with Crippen molar-refractivity contribution in [3.63, 3.8) is 0 Å². The lowest BCUT2D eigenvalue weighted by Crippen LogP contribution is -2.49. The number of piperazine rings is 1. The molecule has 0 aromatic heterocycles. The maximum atomic E-state index is 14.3. The first kappa shape index (κ1) is 21.5. The van der Waals surface area contributed by atoms with E-state index < -0.39 is 15.8 Å². The van der Waals surface area contributed by atoms with Gasteiger partial charge in [-0.05, 0) is 43.3 Å². The number of nitrogens with zero attached hydrogens (tertiary/aromatic N) is 3. The van der Waals surface area contributed by atoms with E-state index in [1.165, 1.54) is 24.3 Å². The molecule has 1 aliphatic rings. The Morgan fingerprint density at radius 1 is 1.20 bits per heavy atom. The van der Waals surface area contributed by atoms with Gasteiger partial charge in [0.25, 0.3) is 5.91 Å². The molecule has 1 aliphatic heterocycles. The highest BCUT2D eigenvalue weighted by atomic mass is 32.2. The minimum atomic E-state index is -3.98. The number of carbonyl (C=O) groups excluding carboxylic acids is 1. The van der Waals surface area contributed by atoms with Crippen LogP contribution in [-0.4, -0.2) is 52.0 Å². The molecule has 3 rings (SSSR count). The lowest BCUT2D eigenvalue weighted by molar-refractivity contribution is 0.0742. The molecule has 0 unspecified atom stereocenters. The van der Waals surface area contributed by atoms with Gasteiger partial charge in [0.1, 0.15) is 11.6 Å². The van der Waals surface area contributed by atoms with Gasteiger partial charge < -0.3 is 14.5 Å². The van der Waals surface area contributed by atoms with Crippen LogP contribution in [0, 0.1) is 17.1 Å². The zero-order valence-corrected chi connectivity index (χ0v) is 17.2. The van der Waals surface area contributed by atoms with Gasteiger partial charge in [0, 0.05) is 26.2 Å². The molecule has 1 heterocycles. The Morgan fingerprint density at radius 2 is 1.90 bits per heavy atom. The first-order valence-corrected chi connectivity index (χ1v) is 10.8. The molecule has 30 heavy (non-hydrogen) atoms. The molecule has 0 radical (unpaired) electrons. The molecule has 8 nitrogen and oxygen atoms in total. The number of rotatable bonds is 5. The highest BCUT2D eigenvalue weighted by Gasteiger charge is 2.27. The number of ether oxygens (including phenoxy) is 1. The molecule has 158 valence electrons. The van der Waals surface area contributed by atoms with Crippen molar-refractivity contribution in [3.05, 3.63) is 53.3 Å². The Morgan fingerprint density at radius 3 is 2.47 bits per heavy atom. The number of anilines is 1. The van der Waals surface area contributed by atoms with Crippen molar-refractivity contribution in [2.45, 2.75) is 11.8 Å². The zero-order chi connectivity index (χ0) is 21.9. The minimum absolute atomic E-state index is 0.112. The summed E-state index contributed by atoms with van der Waals surface area (Å²) in [5, 5.41) is 14.1. The number of carbonyl (C=O) groups is 1. The summed E-state index contributed by atoms with van der Waals surface area (Å²) in [6.07, 6.45) is 0. The van der Waals surface area contributed by atoms with E-state index in [0.29, 0.717) is 38.5 Å². The third-order valence-corrected chi connectivity index (χ3v) is 5.71. The van der Waals surface area contributed by atoms with E-state index in [0.717, 1.165) is 0 Å². The molecule has 1 fully saturated rings. The normalized spacial score (nSPS) is 14.3. The summed E-state index contributed by atoms with van der Waals surface area (Å²) in [5.74, 6) is -0.604. The first-order chi connectivity index (χ1) is 14.2. The zero-order valence-electron chi connectivity index (χ0n) is 16.3. The number of hydrogen-bond acceptors (Lipinski definition) is 6. The second-order valence-electron chi connectivity index (χ2n) is 6.69. The van der Waals surface area contributed by atoms with Crippen molar-refractivity contribution in [1.82, 2.24) is 4.90 Å². The smallest absolute Gasteiger partial charge is 0.257 e. The van der Waals surface area contributed by atoms with Gasteiger partial charge in [-0.3, -0.25) is 4.79 Å². The second kappa shape index (κ2) is 8.69. The monoisotopic (exact) mass is 432 g/mol. The van der Waals surface area contributed by atoms with E-state index in [9.17, 15) is 17.6 Å². The maximum absolute atomic E-state index is 14.3. The molecule has 2 aromatic rings. The van der Waals surface area contributed by atoms with Crippen LogP contribution < -0.4 is 14.8 Å². The first-order valence-electron chi connectivity index (χ1n) is 9.28. The SMILES string of the molecule is CCOc1ccc(S(N)(=O)=O)cc1C(=O)N1CCN(c2ccc(C#N)cc2F)CC1. The molecular formula is C20H21FN4O4S. The summed E-state index contributed by atoms with van der Waals surface area (Å²) in [4.78, 5) is 16.2. The van der Waals surface area contributed by atoms with Gasteiger partial charge in [-0.2, -0.15) is 5.26 Å². The van der Waals surface area contributed by atoms with Gasteiger partial charge in [-0.25, -0.2) is 17.9 Å². The third kappa shape index (κ3) is 4.53. The van der Waals surface area contributed by atoms with Crippen molar-refractivity contribution < 1.29 is 22.3 Å². The van der Waals surface area contributed by atoms with E-state index >= 15 is 0 Å². The maximum Gasteiger partial charge on any atom is 0.257 e. The number of primary sulfonamides is 1. The van der Waals surface area contributed by atoms with Crippen LogP contribution in [-0.2, 0) is 10.0 Å². The fraction of sp³-hybridized carbons (Fsp3) is 0.300. The summed E-state index contributed by atoms with van der Waals surface area (Å²) in [6.45, 7) is 3.45. The van der Waals surface area contributed by atoms with E-state index in [-0.39, 0.29) is 27.7 Å². The van der Waals surface area contributed by atoms with Crippen molar-refractivity contribution in [1.29, 1.82) is 5.26 Å². The quantitative estimate of drug-likeness (QED) is 0.769. The number of halogens is 1. The van der Waals surface area contributed by atoms with Crippen molar-refractivity contribution in [3.8, 4) is 11.8 Å². The van der Waals surface area contributed by atoms with E-state index in [1.54, 1.807) is 28.9 Å². The fourth-order valence-electron chi connectivity index (χ4n) is 3.29. The fourth-order valence-corrected chi connectivity index (χ4v) is 3.83. The molecule has 2 N–H and O–H groups in total. The predicted octanol–water partition coefficient (Wildman–Crippen LogP) is 1.71. The summed E-state index contributed by atoms with van der Waals surface area (Å²) in [5.41, 5.74) is 0.719.